The number of phosphoric ester groups is 1. The van der Waals surface area contributed by atoms with Gasteiger partial charge in [-0.1, -0.05) is 6.58 Å². The van der Waals surface area contributed by atoms with E-state index in [1.165, 1.54) is 0 Å². The molecule has 0 N–H and O–H groups in total. The zero-order valence-electron chi connectivity index (χ0n) is 7.39. The van der Waals surface area contributed by atoms with Gasteiger partial charge < -0.3 is 4.52 Å². The van der Waals surface area contributed by atoms with E-state index in [0.29, 0.717) is 0 Å². The first kappa shape index (κ1) is 12.3. The summed E-state index contributed by atoms with van der Waals surface area (Å²) in [6, 6.07) is 0. The molecule has 0 amide bonds. The quantitative estimate of drug-likeness (QED) is 0.286. The molecule has 0 aliphatic heterocycles. The molecular weight excluding hydrogens is 199 g/mol. The molecule has 0 saturated heterocycles. The average Bonchev–Trinajstić information content (AvgIpc) is 2.04. The van der Waals surface area contributed by atoms with Crippen LogP contribution in [0.3, 0.4) is 0 Å². The van der Waals surface area contributed by atoms with Crippen molar-refractivity contribution in [1.29, 1.82) is 0 Å². The van der Waals surface area contributed by atoms with Crippen molar-refractivity contribution in [2.75, 3.05) is 13.7 Å². The van der Waals surface area contributed by atoms with Gasteiger partial charge in [-0.2, -0.15) is 0 Å². The van der Waals surface area contributed by atoms with Gasteiger partial charge in [0, 0.05) is 6.08 Å². The second-order valence-corrected chi connectivity index (χ2v) is 3.20. The minimum Gasteiger partial charge on any atom is -0.366 e. The molecule has 13 heavy (non-hydrogen) atoms. The Morgan fingerprint density at radius 1 is 1.62 bits per heavy atom. The molecule has 1 atom stereocenters. The Bertz CT molecular complexity index is 215. The van der Waals surface area contributed by atoms with Crippen LogP contribution in [0.2, 0.25) is 0 Å². The van der Waals surface area contributed by atoms with Crippen LogP contribution in [-0.4, -0.2) is 19.7 Å². The third-order valence-electron chi connectivity index (χ3n) is 0.821. The minimum atomic E-state index is -3.94. The van der Waals surface area contributed by atoms with Gasteiger partial charge in [0.1, 0.15) is 0 Å². The van der Waals surface area contributed by atoms with Crippen molar-refractivity contribution in [3.63, 3.8) is 0 Å². The van der Waals surface area contributed by atoms with Crippen molar-refractivity contribution in [3.05, 3.63) is 12.7 Å². The van der Waals surface area contributed by atoms with Crippen molar-refractivity contribution < 1.29 is 28.0 Å². The minimum absolute atomic E-state index is 0.0606. The van der Waals surface area contributed by atoms with Crippen molar-refractivity contribution in [2.24, 2.45) is 0 Å². The van der Waals surface area contributed by atoms with E-state index in [1.807, 2.05) is 0 Å². The summed E-state index contributed by atoms with van der Waals surface area (Å²) in [5.41, 5.74) is 0. The van der Waals surface area contributed by atoms with Crippen LogP contribution >= 0.6 is 7.82 Å². The first-order chi connectivity index (χ1) is 6.08. The van der Waals surface area contributed by atoms with Crippen LogP contribution in [0.4, 0.5) is 0 Å². The van der Waals surface area contributed by atoms with Crippen molar-refractivity contribution in [2.45, 2.75) is 6.92 Å². The van der Waals surface area contributed by atoms with Crippen LogP contribution in [0.5, 0.6) is 0 Å². The van der Waals surface area contributed by atoms with Gasteiger partial charge in [0.05, 0.1) is 13.7 Å². The van der Waals surface area contributed by atoms with Gasteiger partial charge in [0.2, 0.25) is 0 Å². The Labute approximate surface area is 76.0 Å². The highest BCUT2D eigenvalue weighted by molar-refractivity contribution is 7.48. The van der Waals surface area contributed by atoms with E-state index in [4.69, 9.17) is 0 Å². The first-order valence-corrected chi connectivity index (χ1v) is 4.87. The first-order valence-electron chi connectivity index (χ1n) is 3.41. The number of carbonyl (C=O) groups is 1. The van der Waals surface area contributed by atoms with E-state index >= 15 is 0 Å². The molecule has 0 rings (SSSR count). The summed E-state index contributed by atoms with van der Waals surface area (Å²) < 4.78 is 24.4. The van der Waals surface area contributed by atoms with Gasteiger partial charge in [0.15, 0.2) is 0 Å². The fraction of sp³-hybridized carbons (Fsp3) is 0.500. The molecule has 0 spiro atoms. The standard InChI is InChI=1S/C6H11O6P/c1-4-6(7)11-13(8,10-5-2)12-9-3/h4H,1,5H2,2-3H3. The molecule has 0 aliphatic rings. The zero-order valence-corrected chi connectivity index (χ0v) is 8.28. The van der Waals surface area contributed by atoms with Crippen molar-refractivity contribution in [1.82, 2.24) is 0 Å². The van der Waals surface area contributed by atoms with E-state index in [0.717, 1.165) is 13.2 Å². The van der Waals surface area contributed by atoms with E-state index in [1.54, 1.807) is 6.92 Å². The number of rotatable bonds is 6. The summed E-state index contributed by atoms with van der Waals surface area (Å²) in [7, 11) is -2.82. The maximum atomic E-state index is 11.3. The molecular formula is C6H11O6P. The summed E-state index contributed by atoms with van der Waals surface area (Å²) in [5.74, 6) is -0.908. The van der Waals surface area contributed by atoms with E-state index in [2.05, 4.69) is 25.2 Å². The Hall–Kier alpha value is -0.680. The van der Waals surface area contributed by atoms with Gasteiger partial charge in [-0.15, -0.1) is 4.67 Å². The lowest BCUT2D eigenvalue weighted by atomic mass is 10.7. The molecule has 0 heterocycles. The third-order valence-corrected chi connectivity index (χ3v) is 2.13. The van der Waals surface area contributed by atoms with Crippen LogP contribution in [0, 0.1) is 0 Å². The Morgan fingerprint density at radius 3 is 2.62 bits per heavy atom. The highest BCUT2D eigenvalue weighted by atomic mass is 31.2. The smallest absolute Gasteiger partial charge is 0.366 e. The normalized spacial score (nSPS) is 14.6. The molecule has 6 nitrogen and oxygen atoms in total. The lowest BCUT2D eigenvalue weighted by Crippen LogP contribution is -2.04. The predicted molar refractivity (Wildman–Crippen MR) is 43.6 cm³/mol. The predicted octanol–water partition coefficient (Wildman–Crippen LogP) is 1.44. The van der Waals surface area contributed by atoms with Crippen LogP contribution in [-0.2, 0) is 28.0 Å². The molecule has 0 saturated carbocycles. The third kappa shape index (κ3) is 4.80. The maximum Gasteiger partial charge on any atom is 0.560 e. The number of hydrogen-bond acceptors (Lipinski definition) is 6. The molecule has 0 aromatic rings. The molecule has 7 heteroatoms. The van der Waals surface area contributed by atoms with Gasteiger partial charge in [-0.3, -0.25) is 4.52 Å². The van der Waals surface area contributed by atoms with Crippen LogP contribution in [0.15, 0.2) is 12.7 Å². The lowest BCUT2D eigenvalue weighted by molar-refractivity contribution is -0.201. The van der Waals surface area contributed by atoms with Crippen LogP contribution < -0.4 is 0 Å². The van der Waals surface area contributed by atoms with E-state index in [9.17, 15) is 9.36 Å². The molecule has 0 bridgehead atoms. The highest BCUT2D eigenvalue weighted by Crippen LogP contribution is 2.49. The topological polar surface area (TPSA) is 71.1 Å². The lowest BCUT2D eigenvalue weighted by Gasteiger charge is -2.12. The molecule has 1 unspecified atom stereocenters. The molecule has 0 fully saturated rings. The van der Waals surface area contributed by atoms with Gasteiger partial charge >= 0.3 is 13.8 Å². The van der Waals surface area contributed by atoms with Crippen LogP contribution in [0.1, 0.15) is 6.92 Å². The summed E-state index contributed by atoms with van der Waals surface area (Å²) in [6.07, 6.45) is 0.838. The van der Waals surface area contributed by atoms with E-state index in [-0.39, 0.29) is 6.61 Å². The summed E-state index contributed by atoms with van der Waals surface area (Å²) in [5, 5.41) is 0. The van der Waals surface area contributed by atoms with Crippen molar-refractivity contribution >= 4 is 13.8 Å². The maximum absolute atomic E-state index is 11.3. The molecule has 0 aromatic carbocycles. The number of hydrogen-bond donors (Lipinski definition) is 0. The summed E-state index contributed by atoms with van der Waals surface area (Å²) in [4.78, 5) is 14.8. The monoisotopic (exact) mass is 210 g/mol. The fourth-order valence-corrected chi connectivity index (χ4v) is 1.38. The van der Waals surface area contributed by atoms with Gasteiger partial charge in [-0.25, -0.2) is 14.2 Å². The average molecular weight is 210 g/mol. The molecule has 0 aromatic heterocycles. The second-order valence-electron chi connectivity index (χ2n) is 1.72. The largest absolute Gasteiger partial charge is 0.560 e. The summed E-state index contributed by atoms with van der Waals surface area (Å²) >= 11 is 0. The highest BCUT2D eigenvalue weighted by Gasteiger charge is 2.30. The van der Waals surface area contributed by atoms with Gasteiger partial charge in [-0.05, 0) is 6.92 Å². The molecule has 0 radical (unpaired) electrons. The van der Waals surface area contributed by atoms with Gasteiger partial charge in [0.25, 0.3) is 0 Å². The summed E-state index contributed by atoms with van der Waals surface area (Å²) in [6.45, 7) is 4.74. The number of carbonyl (C=O) groups excluding carboxylic acids is 1. The SMILES string of the molecule is C=CC(=O)OP(=O)(OCC)OOC. The van der Waals surface area contributed by atoms with Crippen molar-refractivity contribution in [3.8, 4) is 0 Å². The molecule has 76 valence electrons. The zero-order chi connectivity index (χ0) is 10.3. The second kappa shape index (κ2) is 5.88. The fourth-order valence-electron chi connectivity index (χ4n) is 0.460. The van der Waals surface area contributed by atoms with E-state index < -0.39 is 13.8 Å². The Kier molecular flexibility index (Phi) is 5.57. The Morgan fingerprint density at radius 2 is 2.23 bits per heavy atom. The number of phosphoric acid groups is 1. The Balaban J connectivity index is 4.31. The van der Waals surface area contributed by atoms with Crippen LogP contribution in [0.25, 0.3) is 0 Å². The molecule has 0 aliphatic carbocycles.